The zero-order valence-corrected chi connectivity index (χ0v) is 19.4. The molecule has 0 fully saturated rings. The van der Waals surface area contributed by atoms with Crippen molar-refractivity contribution >= 4 is 32.1 Å². The van der Waals surface area contributed by atoms with Gasteiger partial charge in [0.1, 0.15) is 16.1 Å². The van der Waals surface area contributed by atoms with Crippen LogP contribution < -0.4 is 10.5 Å². The number of hydrogen-bond donors (Lipinski definition) is 2. The van der Waals surface area contributed by atoms with Crippen LogP contribution in [0.2, 0.25) is 0 Å². The first-order valence-electron chi connectivity index (χ1n) is 9.69. The van der Waals surface area contributed by atoms with Crippen LogP contribution in [0.5, 0.6) is 0 Å². The molecule has 1 aromatic carbocycles. The molecule has 0 aliphatic carbocycles. The van der Waals surface area contributed by atoms with Crippen molar-refractivity contribution in [3.05, 3.63) is 17.7 Å². The van der Waals surface area contributed by atoms with Crippen LogP contribution in [0, 0.1) is 0 Å². The first-order chi connectivity index (χ1) is 14.2. The number of nitrogens with one attached hydrogen (secondary N) is 1. The molecule has 0 unspecified atom stereocenters. The zero-order valence-electron chi connectivity index (χ0n) is 17.7. The van der Waals surface area contributed by atoms with Gasteiger partial charge in [-0.25, -0.2) is 13.1 Å². The lowest BCUT2D eigenvalue weighted by molar-refractivity contribution is -0.139. The molecule has 1 rings (SSSR count). The molecular formula is C18H29F3N4O4S2. The van der Waals surface area contributed by atoms with E-state index in [1.165, 1.54) is 19.0 Å². The Hall–Kier alpha value is -1.86. The average molecular weight is 487 g/mol. The summed E-state index contributed by atoms with van der Waals surface area (Å²) < 4.78 is 95.6. The molecular weight excluding hydrogens is 457 g/mol. The second-order valence-corrected chi connectivity index (χ2v) is 10.5. The fourth-order valence-electron chi connectivity index (χ4n) is 2.65. The van der Waals surface area contributed by atoms with Crippen LogP contribution in [-0.2, 0) is 26.2 Å². The molecule has 13 heteroatoms. The predicted molar refractivity (Wildman–Crippen MR) is 114 cm³/mol. The largest absolute Gasteiger partial charge is 0.417 e. The van der Waals surface area contributed by atoms with Crippen LogP contribution in [0.4, 0.5) is 18.9 Å². The summed E-state index contributed by atoms with van der Waals surface area (Å²) in [5.41, 5.74) is 3.27. The van der Waals surface area contributed by atoms with Crippen LogP contribution in [0.25, 0.3) is 0 Å². The predicted octanol–water partition coefficient (Wildman–Crippen LogP) is 3.21. The second kappa shape index (κ2) is 11.1. The van der Waals surface area contributed by atoms with Crippen molar-refractivity contribution in [1.82, 2.24) is 9.62 Å². The molecule has 0 atom stereocenters. The second-order valence-electron chi connectivity index (χ2n) is 7.21. The summed E-state index contributed by atoms with van der Waals surface area (Å²) in [5, 5.41) is 0. The van der Waals surface area contributed by atoms with Crippen molar-refractivity contribution in [1.29, 1.82) is 0 Å². The lowest BCUT2D eigenvalue weighted by atomic mass is 10.1. The third-order valence-electron chi connectivity index (χ3n) is 4.22. The van der Waals surface area contributed by atoms with Crippen molar-refractivity contribution < 1.29 is 30.0 Å². The topological polar surface area (TPSA) is 122 Å². The minimum absolute atomic E-state index is 0.0514. The zero-order chi connectivity index (χ0) is 23.9. The van der Waals surface area contributed by atoms with Crippen molar-refractivity contribution in [2.24, 2.45) is 4.40 Å². The van der Waals surface area contributed by atoms with Gasteiger partial charge >= 0.3 is 6.18 Å². The Labute approximate surface area is 181 Å². The van der Waals surface area contributed by atoms with Gasteiger partial charge in [-0.3, -0.25) is 0 Å². The summed E-state index contributed by atoms with van der Waals surface area (Å²) >= 11 is 0. The van der Waals surface area contributed by atoms with E-state index in [2.05, 4.69) is 16.0 Å². The highest BCUT2D eigenvalue weighted by atomic mass is 32.2. The van der Waals surface area contributed by atoms with E-state index in [0.29, 0.717) is 18.6 Å². The van der Waals surface area contributed by atoms with Gasteiger partial charge in [0.2, 0.25) is 10.0 Å². The Kier molecular flexibility index (Phi) is 9.76. The van der Waals surface area contributed by atoms with Crippen LogP contribution >= 0.6 is 0 Å². The summed E-state index contributed by atoms with van der Waals surface area (Å²) in [6.07, 6.45) is 1.15. The molecule has 1 aromatic rings. The number of hydrogen-bond acceptors (Lipinski definition) is 5. The highest BCUT2D eigenvalue weighted by Gasteiger charge is 2.39. The number of unbranched alkanes of at least 4 members (excludes halogenated alkanes) is 5. The van der Waals surface area contributed by atoms with Gasteiger partial charge in [-0.2, -0.15) is 21.6 Å². The van der Waals surface area contributed by atoms with E-state index in [0.717, 1.165) is 38.4 Å². The SMILES string of the molecule is CCCCCCCCNS(=O)(=O)c1cc(S(=O)(=O)/N=C/N(C)C)c(C(F)(F)F)cc1N. The Morgan fingerprint density at radius 2 is 1.61 bits per heavy atom. The molecule has 8 nitrogen and oxygen atoms in total. The summed E-state index contributed by atoms with van der Waals surface area (Å²) in [6.45, 7) is 2.12. The number of nitrogens with two attached hydrogens (primary N) is 1. The molecule has 0 saturated carbocycles. The third-order valence-corrected chi connectivity index (χ3v) is 7.01. The number of rotatable bonds is 12. The maximum Gasteiger partial charge on any atom is 0.417 e. The average Bonchev–Trinajstić information content (AvgIpc) is 2.64. The van der Waals surface area contributed by atoms with Gasteiger partial charge in [-0.15, -0.1) is 4.40 Å². The van der Waals surface area contributed by atoms with Crippen LogP contribution in [0.15, 0.2) is 26.3 Å². The fraction of sp³-hybridized carbons (Fsp3) is 0.611. The summed E-state index contributed by atoms with van der Waals surface area (Å²) in [5.74, 6) is 0. The smallest absolute Gasteiger partial charge is 0.398 e. The number of anilines is 1. The van der Waals surface area contributed by atoms with E-state index in [4.69, 9.17) is 5.73 Å². The van der Waals surface area contributed by atoms with Crippen molar-refractivity contribution in [3.8, 4) is 0 Å². The van der Waals surface area contributed by atoms with Gasteiger partial charge in [-0.1, -0.05) is 39.0 Å². The van der Waals surface area contributed by atoms with E-state index in [9.17, 15) is 30.0 Å². The summed E-state index contributed by atoms with van der Waals surface area (Å²) in [7, 11) is -6.33. The minimum atomic E-state index is -5.08. The molecule has 0 spiro atoms. The van der Waals surface area contributed by atoms with Crippen LogP contribution in [0.3, 0.4) is 0 Å². The van der Waals surface area contributed by atoms with Gasteiger partial charge in [0.15, 0.2) is 0 Å². The molecule has 0 aromatic heterocycles. The van der Waals surface area contributed by atoms with E-state index < -0.39 is 47.3 Å². The first-order valence-corrected chi connectivity index (χ1v) is 12.6. The lowest BCUT2D eigenvalue weighted by Gasteiger charge is -2.16. The molecule has 178 valence electrons. The van der Waals surface area contributed by atoms with Gasteiger partial charge in [-0.05, 0) is 18.6 Å². The van der Waals surface area contributed by atoms with E-state index in [1.54, 1.807) is 0 Å². The fourth-order valence-corrected chi connectivity index (χ4v) is 5.08. The van der Waals surface area contributed by atoms with Gasteiger partial charge < -0.3 is 10.6 Å². The Balaban J connectivity index is 3.25. The van der Waals surface area contributed by atoms with Crippen LogP contribution in [0.1, 0.15) is 51.0 Å². The molecule has 0 radical (unpaired) electrons. The lowest BCUT2D eigenvalue weighted by Crippen LogP contribution is -2.26. The molecule has 31 heavy (non-hydrogen) atoms. The van der Waals surface area contributed by atoms with E-state index in [1.807, 2.05) is 0 Å². The molecule has 0 heterocycles. The Morgan fingerprint density at radius 3 is 2.16 bits per heavy atom. The highest BCUT2D eigenvalue weighted by Crippen LogP contribution is 2.38. The molecule has 0 saturated heterocycles. The summed E-state index contributed by atoms with van der Waals surface area (Å²) in [4.78, 5) is -0.820. The maximum atomic E-state index is 13.4. The molecule has 3 N–H and O–H groups in total. The molecule has 0 aliphatic rings. The quantitative estimate of drug-likeness (QED) is 0.202. The summed E-state index contributed by atoms with van der Waals surface area (Å²) in [6, 6.07) is 0.710. The minimum Gasteiger partial charge on any atom is -0.398 e. The monoisotopic (exact) mass is 486 g/mol. The standard InChI is InChI=1S/C18H29F3N4O4S2/c1-4-5-6-7-8-9-10-23-31(28,29)17-12-16(30(26,27)24-13-25(2)3)14(11-15(17)22)18(19,20)21/h11-13,23H,4-10,22H2,1-3H3/b24-13+. The number of halogens is 3. The maximum absolute atomic E-state index is 13.4. The third kappa shape index (κ3) is 8.30. The number of nitrogens with zero attached hydrogens (tertiary/aromatic N) is 2. The normalized spacial score (nSPS) is 13.1. The van der Waals surface area contributed by atoms with Crippen LogP contribution in [-0.4, -0.2) is 48.7 Å². The molecule has 0 amide bonds. The number of nitrogen functional groups attached to an aromatic ring is 1. The van der Waals surface area contributed by atoms with Gasteiger partial charge in [0, 0.05) is 20.6 Å². The van der Waals surface area contributed by atoms with E-state index >= 15 is 0 Å². The molecule has 0 bridgehead atoms. The van der Waals surface area contributed by atoms with Gasteiger partial charge in [0.05, 0.1) is 11.3 Å². The first kappa shape index (κ1) is 27.2. The molecule has 0 aliphatic heterocycles. The number of sulfonamides is 2. The number of alkyl halides is 3. The Bertz CT molecular complexity index is 976. The highest BCUT2D eigenvalue weighted by molar-refractivity contribution is 7.90. The van der Waals surface area contributed by atoms with Crippen molar-refractivity contribution in [2.75, 3.05) is 26.4 Å². The van der Waals surface area contributed by atoms with Crippen molar-refractivity contribution in [2.45, 2.75) is 61.4 Å². The van der Waals surface area contributed by atoms with Gasteiger partial charge in [0.25, 0.3) is 10.0 Å². The van der Waals surface area contributed by atoms with Crippen molar-refractivity contribution in [3.63, 3.8) is 0 Å². The number of benzene rings is 1. The van der Waals surface area contributed by atoms with E-state index in [-0.39, 0.29) is 6.54 Å². The Morgan fingerprint density at radius 1 is 1.03 bits per heavy atom.